The maximum Gasteiger partial charge on any atom is 0.127 e. The lowest BCUT2D eigenvalue weighted by Gasteiger charge is -2.19. The van der Waals surface area contributed by atoms with Crippen molar-refractivity contribution in [1.82, 2.24) is 0 Å². The molecule has 0 amide bonds. The number of unbranched alkanes of at least 4 members (excludes halogenated alkanes) is 4. The predicted octanol–water partition coefficient (Wildman–Crippen LogP) is 9.89. The largest absolute Gasteiger partial charge is 0.457 e. The Morgan fingerprint density at radius 2 is 0.951 bits per heavy atom. The number of aliphatic hydroxyl groups is 2. The molecule has 0 aliphatic rings. The quantitative estimate of drug-likeness (QED) is 0.136. The van der Waals surface area contributed by atoms with Gasteiger partial charge in [0, 0.05) is 0 Å². The van der Waals surface area contributed by atoms with Gasteiger partial charge in [0.25, 0.3) is 0 Å². The molecule has 0 bridgehead atoms. The van der Waals surface area contributed by atoms with Crippen LogP contribution >= 0.6 is 0 Å². The lowest BCUT2D eigenvalue weighted by molar-refractivity contribution is 0.162. The van der Waals surface area contributed by atoms with Crippen LogP contribution in [0.15, 0.2) is 97.1 Å². The topological polar surface area (TPSA) is 49.7 Å². The van der Waals surface area contributed by atoms with Crippen LogP contribution in [-0.2, 0) is 12.8 Å². The van der Waals surface area contributed by atoms with E-state index in [1.54, 1.807) is 0 Å². The Morgan fingerprint density at radius 1 is 0.537 bits per heavy atom. The highest BCUT2D eigenvalue weighted by molar-refractivity contribution is 5.45. The van der Waals surface area contributed by atoms with Crippen molar-refractivity contribution in [2.45, 2.75) is 90.3 Å². The Morgan fingerprint density at radius 3 is 1.34 bits per heavy atom. The second-order valence-corrected chi connectivity index (χ2v) is 11.2. The average Bonchev–Trinajstić information content (AvgIpc) is 3.00. The minimum atomic E-state index is -0.534. The van der Waals surface area contributed by atoms with Crippen molar-refractivity contribution in [3.8, 4) is 11.5 Å². The van der Waals surface area contributed by atoms with Crippen LogP contribution in [-0.4, -0.2) is 10.2 Å². The lowest BCUT2D eigenvalue weighted by Crippen LogP contribution is -2.05. The van der Waals surface area contributed by atoms with Gasteiger partial charge in [0.1, 0.15) is 11.5 Å². The fourth-order valence-corrected chi connectivity index (χ4v) is 5.47. The third kappa shape index (κ3) is 9.31. The van der Waals surface area contributed by atoms with Crippen molar-refractivity contribution in [1.29, 1.82) is 0 Å². The van der Waals surface area contributed by atoms with Crippen LogP contribution in [0.5, 0.6) is 11.5 Å². The molecule has 0 saturated heterocycles. The molecule has 4 aromatic carbocycles. The molecule has 3 nitrogen and oxygen atoms in total. The van der Waals surface area contributed by atoms with Gasteiger partial charge < -0.3 is 14.9 Å². The van der Waals surface area contributed by atoms with E-state index in [0.29, 0.717) is 11.5 Å². The molecule has 3 heteroatoms. The molecule has 216 valence electrons. The molecule has 0 aliphatic carbocycles. The first-order valence-electron chi connectivity index (χ1n) is 15.4. The Bertz CT molecular complexity index is 1210. The number of hydrogen-bond acceptors (Lipinski definition) is 3. The molecule has 0 aliphatic heterocycles. The molecule has 0 radical (unpaired) electrons. The molecule has 2 atom stereocenters. The summed E-state index contributed by atoms with van der Waals surface area (Å²) in [6.07, 6.45) is 8.40. The van der Waals surface area contributed by atoms with Crippen molar-refractivity contribution in [3.05, 3.63) is 130 Å². The summed E-state index contributed by atoms with van der Waals surface area (Å²) in [6.45, 7) is 4.36. The Balaban J connectivity index is 1.60. The van der Waals surface area contributed by atoms with Crippen molar-refractivity contribution in [3.63, 3.8) is 0 Å². The Hall–Kier alpha value is -3.40. The van der Waals surface area contributed by atoms with E-state index in [1.165, 1.54) is 11.1 Å². The van der Waals surface area contributed by atoms with Gasteiger partial charge in [-0.3, -0.25) is 0 Å². The molecule has 0 heterocycles. The highest BCUT2D eigenvalue weighted by atomic mass is 16.5. The molecule has 0 aromatic heterocycles. The highest BCUT2D eigenvalue weighted by Crippen LogP contribution is 2.34. The first-order chi connectivity index (χ1) is 20.1. The minimum Gasteiger partial charge on any atom is -0.457 e. The van der Waals surface area contributed by atoms with Crippen molar-refractivity contribution in [2.24, 2.45) is 0 Å². The van der Waals surface area contributed by atoms with E-state index in [0.717, 1.165) is 86.5 Å². The zero-order valence-electron chi connectivity index (χ0n) is 24.8. The second-order valence-electron chi connectivity index (χ2n) is 11.2. The Labute approximate surface area is 246 Å². The van der Waals surface area contributed by atoms with Gasteiger partial charge in [0.05, 0.1) is 12.2 Å². The summed E-state index contributed by atoms with van der Waals surface area (Å²) < 4.78 is 6.40. The van der Waals surface area contributed by atoms with Crippen LogP contribution in [0, 0.1) is 0 Å². The van der Waals surface area contributed by atoms with E-state index in [1.807, 2.05) is 36.4 Å². The summed E-state index contributed by atoms with van der Waals surface area (Å²) in [5.74, 6) is 1.40. The Kier molecular flexibility index (Phi) is 12.0. The van der Waals surface area contributed by atoms with Crippen molar-refractivity contribution in [2.75, 3.05) is 0 Å². The van der Waals surface area contributed by atoms with Crippen LogP contribution < -0.4 is 4.74 Å². The highest BCUT2D eigenvalue weighted by Gasteiger charge is 2.17. The van der Waals surface area contributed by atoms with Crippen molar-refractivity contribution >= 4 is 0 Å². The molecule has 0 saturated carbocycles. The van der Waals surface area contributed by atoms with Crippen LogP contribution in [0.1, 0.15) is 111 Å². The molecular formula is C38H46O3. The molecule has 2 N–H and O–H groups in total. The van der Waals surface area contributed by atoms with Crippen LogP contribution in [0.3, 0.4) is 0 Å². The summed E-state index contributed by atoms with van der Waals surface area (Å²) in [5, 5.41) is 22.4. The number of rotatable bonds is 16. The van der Waals surface area contributed by atoms with Crippen LogP contribution in [0.4, 0.5) is 0 Å². The fraction of sp³-hybridized carbons (Fsp3) is 0.368. The molecule has 41 heavy (non-hydrogen) atoms. The summed E-state index contributed by atoms with van der Waals surface area (Å²) >= 11 is 0. The van der Waals surface area contributed by atoms with E-state index in [2.05, 4.69) is 74.5 Å². The maximum absolute atomic E-state index is 11.2. The van der Waals surface area contributed by atoms with Gasteiger partial charge in [-0.15, -0.1) is 0 Å². The van der Waals surface area contributed by atoms with Gasteiger partial charge in [-0.05, 0) is 83.3 Å². The molecule has 2 unspecified atom stereocenters. The van der Waals surface area contributed by atoms with Gasteiger partial charge in [-0.25, -0.2) is 0 Å². The summed E-state index contributed by atoms with van der Waals surface area (Å²) in [4.78, 5) is 0. The smallest absolute Gasteiger partial charge is 0.127 e. The van der Waals surface area contributed by atoms with Crippen LogP contribution in [0.25, 0.3) is 0 Å². The van der Waals surface area contributed by atoms with Gasteiger partial charge in [0.2, 0.25) is 0 Å². The number of benzene rings is 4. The third-order valence-corrected chi connectivity index (χ3v) is 7.83. The summed E-state index contributed by atoms with van der Waals surface area (Å²) in [7, 11) is 0. The van der Waals surface area contributed by atoms with Crippen molar-refractivity contribution < 1.29 is 14.9 Å². The van der Waals surface area contributed by atoms with E-state index in [-0.39, 0.29) is 0 Å². The van der Waals surface area contributed by atoms with Gasteiger partial charge >= 0.3 is 0 Å². The third-order valence-electron chi connectivity index (χ3n) is 7.83. The second kappa shape index (κ2) is 16.1. The SMILES string of the molecule is CCCCCC(O)c1cc(Oc2ccc(Cc3ccccc3)c(C(O)CCCCC)c2)ccc1Cc1ccccc1. The standard InChI is InChI=1S/C38H46O3/c1-3-5-9-19-37(39)35-27-33(23-21-31(35)25-29-15-11-7-12-16-29)41-34-24-22-32(26-30-17-13-8-14-18-30)36(28-34)38(40)20-10-6-4-2/h7-8,11-18,21-24,27-28,37-40H,3-6,9-10,19-20,25-26H2,1-2H3. The first kappa shape index (κ1) is 30.6. The van der Waals surface area contributed by atoms with E-state index in [4.69, 9.17) is 4.74 Å². The monoisotopic (exact) mass is 550 g/mol. The maximum atomic E-state index is 11.2. The zero-order valence-corrected chi connectivity index (χ0v) is 24.8. The van der Waals surface area contributed by atoms with E-state index in [9.17, 15) is 10.2 Å². The molecule has 4 aromatic rings. The number of aliphatic hydroxyl groups excluding tert-OH is 2. The van der Waals surface area contributed by atoms with Gasteiger partial charge in [-0.2, -0.15) is 0 Å². The molecule has 4 rings (SSSR count). The van der Waals surface area contributed by atoms with E-state index >= 15 is 0 Å². The van der Waals surface area contributed by atoms with E-state index < -0.39 is 12.2 Å². The van der Waals surface area contributed by atoms with Gasteiger partial charge in [0.15, 0.2) is 0 Å². The summed E-state index contributed by atoms with van der Waals surface area (Å²) in [5.41, 5.74) is 6.55. The zero-order chi connectivity index (χ0) is 28.9. The normalized spacial score (nSPS) is 12.7. The fourth-order valence-electron chi connectivity index (χ4n) is 5.47. The molecule has 0 fully saturated rings. The predicted molar refractivity (Wildman–Crippen MR) is 170 cm³/mol. The lowest BCUT2D eigenvalue weighted by atomic mass is 9.93. The average molecular weight is 551 g/mol. The number of ether oxygens (including phenoxy) is 1. The molecular weight excluding hydrogens is 504 g/mol. The van der Waals surface area contributed by atoms with Gasteiger partial charge in [-0.1, -0.05) is 125 Å². The molecule has 0 spiro atoms. The first-order valence-corrected chi connectivity index (χ1v) is 15.4. The number of hydrogen-bond donors (Lipinski definition) is 2. The van der Waals surface area contributed by atoms with Crippen LogP contribution in [0.2, 0.25) is 0 Å². The minimum absolute atomic E-state index is 0.534. The summed E-state index contributed by atoms with van der Waals surface area (Å²) in [6, 6.07) is 33.0.